The molecule has 1 heterocycles. The number of nitrogens with zero attached hydrogens (tertiary/aromatic N) is 1. The molecule has 1 fully saturated rings. The van der Waals surface area contributed by atoms with Crippen LogP contribution in [0, 0.1) is 0 Å². The van der Waals surface area contributed by atoms with Gasteiger partial charge in [-0.3, -0.25) is 0 Å². The molecule has 0 aromatic heterocycles. The largest absolute Gasteiger partial charge is 0.478 e. The topological polar surface area (TPSA) is 95.9 Å². The molecule has 0 unspecified atom stereocenters. The highest BCUT2D eigenvalue weighted by Gasteiger charge is 2.22. The first kappa shape index (κ1) is 19.3. The highest BCUT2D eigenvalue weighted by molar-refractivity contribution is 7.89. The van der Waals surface area contributed by atoms with Crippen molar-refractivity contribution in [3.8, 4) is 0 Å². The van der Waals surface area contributed by atoms with Crippen molar-refractivity contribution >= 4 is 21.7 Å². The van der Waals surface area contributed by atoms with Gasteiger partial charge in [0.25, 0.3) is 0 Å². The van der Waals surface area contributed by atoms with E-state index in [-0.39, 0.29) is 17.0 Å². The summed E-state index contributed by atoms with van der Waals surface area (Å²) in [6, 6.07) is 13.8. The number of sulfonamides is 1. The van der Waals surface area contributed by atoms with Crippen LogP contribution in [0.25, 0.3) is 0 Å². The summed E-state index contributed by atoms with van der Waals surface area (Å²) in [6.45, 7) is 2.41. The molecule has 3 rings (SSSR count). The van der Waals surface area contributed by atoms with E-state index in [4.69, 9.17) is 4.74 Å². The molecule has 1 aliphatic rings. The molecule has 0 amide bonds. The summed E-state index contributed by atoms with van der Waals surface area (Å²) in [5, 5.41) is 9.54. The standard InChI is InChI=1S/C19H22N2O5S/c22-19(23)17-14-16(6-7-18(17)21-10-12-26-13-11-21)27(24,25)20-9-8-15-4-2-1-3-5-15/h1-7,14,20H,8-13H2,(H,22,23). The number of hydrogen-bond acceptors (Lipinski definition) is 5. The van der Waals surface area contributed by atoms with Crippen LogP contribution in [0.15, 0.2) is 53.4 Å². The van der Waals surface area contributed by atoms with Crippen molar-refractivity contribution in [3.05, 3.63) is 59.7 Å². The van der Waals surface area contributed by atoms with E-state index >= 15 is 0 Å². The molecule has 7 nitrogen and oxygen atoms in total. The maximum atomic E-state index is 12.5. The Morgan fingerprint density at radius 2 is 1.81 bits per heavy atom. The van der Waals surface area contributed by atoms with Crippen LogP contribution in [0.2, 0.25) is 0 Å². The summed E-state index contributed by atoms with van der Waals surface area (Å²) >= 11 is 0. The van der Waals surface area contributed by atoms with Crippen molar-refractivity contribution in [3.63, 3.8) is 0 Å². The average Bonchev–Trinajstić information content (AvgIpc) is 2.69. The Kier molecular flexibility index (Phi) is 6.10. The molecule has 27 heavy (non-hydrogen) atoms. The minimum atomic E-state index is -3.79. The Morgan fingerprint density at radius 3 is 2.48 bits per heavy atom. The maximum Gasteiger partial charge on any atom is 0.337 e. The Labute approximate surface area is 158 Å². The van der Waals surface area contributed by atoms with Crippen molar-refractivity contribution in [2.24, 2.45) is 0 Å². The fraction of sp³-hybridized carbons (Fsp3) is 0.316. The molecule has 2 aromatic rings. The van der Waals surface area contributed by atoms with E-state index in [0.717, 1.165) is 5.56 Å². The van der Waals surface area contributed by atoms with Gasteiger partial charge >= 0.3 is 5.97 Å². The first-order valence-electron chi connectivity index (χ1n) is 8.71. The molecule has 1 aliphatic heterocycles. The molecule has 0 bridgehead atoms. The molecular weight excluding hydrogens is 368 g/mol. The van der Waals surface area contributed by atoms with Gasteiger partial charge in [0.2, 0.25) is 10.0 Å². The van der Waals surface area contributed by atoms with Crippen LogP contribution in [0.3, 0.4) is 0 Å². The van der Waals surface area contributed by atoms with Crippen molar-refractivity contribution < 1.29 is 23.1 Å². The molecule has 0 radical (unpaired) electrons. The Hall–Kier alpha value is -2.42. The quantitative estimate of drug-likeness (QED) is 0.748. The number of aromatic carboxylic acids is 1. The Morgan fingerprint density at radius 1 is 1.11 bits per heavy atom. The van der Waals surface area contributed by atoms with Gasteiger partial charge in [-0.2, -0.15) is 0 Å². The highest BCUT2D eigenvalue weighted by Crippen LogP contribution is 2.25. The highest BCUT2D eigenvalue weighted by atomic mass is 32.2. The van der Waals surface area contributed by atoms with E-state index < -0.39 is 16.0 Å². The number of anilines is 1. The predicted molar refractivity (Wildman–Crippen MR) is 102 cm³/mol. The van der Waals surface area contributed by atoms with Gasteiger partial charge in [-0.1, -0.05) is 30.3 Å². The third-order valence-corrected chi connectivity index (χ3v) is 5.87. The first-order valence-corrected chi connectivity index (χ1v) is 10.2. The van der Waals surface area contributed by atoms with Crippen LogP contribution >= 0.6 is 0 Å². The molecule has 0 saturated carbocycles. The minimum absolute atomic E-state index is 0.0252. The van der Waals surface area contributed by atoms with Gasteiger partial charge in [0.1, 0.15) is 0 Å². The number of hydrogen-bond donors (Lipinski definition) is 2. The number of ether oxygens (including phenoxy) is 1. The van der Waals surface area contributed by atoms with Gasteiger partial charge in [0.15, 0.2) is 0 Å². The number of carbonyl (C=O) groups is 1. The number of benzene rings is 2. The summed E-state index contributed by atoms with van der Waals surface area (Å²) < 4.78 is 32.9. The summed E-state index contributed by atoms with van der Waals surface area (Å²) in [6.07, 6.45) is 0.553. The lowest BCUT2D eigenvalue weighted by molar-refractivity contribution is 0.0696. The fourth-order valence-corrected chi connectivity index (χ4v) is 4.05. The lowest BCUT2D eigenvalue weighted by Gasteiger charge is -2.30. The molecule has 2 aromatic carbocycles. The van der Waals surface area contributed by atoms with E-state index in [2.05, 4.69) is 4.72 Å². The number of carboxylic acid groups (broad SMARTS) is 1. The molecule has 2 N–H and O–H groups in total. The normalized spacial score (nSPS) is 14.9. The number of morpholine rings is 1. The Bertz CT molecular complexity index is 894. The van der Waals surface area contributed by atoms with Gasteiger partial charge in [0, 0.05) is 19.6 Å². The van der Waals surface area contributed by atoms with Crippen molar-refractivity contribution in [2.45, 2.75) is 11.3 Å². The van der Waals surface area contributed by atoms with Crippen molar-refractivity contribution in [2.75, 3.05) is 37.7 Å². The van der Waals surface area contributed by atoms with E-state index in [9.17, 15) is 18.3 Å². The lowest BCUT2D eigenvalue weighted by atomic mass is 10.1. The summed E-state index contributed by atoms with van der Waals surface area (Å²) in [5.41, 5.74) is 1.51. The van der Waals surface area contributed by atoms with Crippen LogP contribution in [-0.4, -0.2) is 52.3 Å². The van der Waals surface area contributed by atoms with Gasteiger partial charge in [-0.05, 0) is 30.2 Å². The predicted octanol–water partition coefficient (Wildman–Crippen LogP) is 1.74. The van der Waals surface area contributed by atoms with E-state index in [1.807, 2.05) is 35.2 Å². The molecule has 144 valence electrons. The maximum absolute atomic E-state index is 12.5. The first-order chi connectivity index (χ1) is 13.0. The minimum Gasteiger partial charge on any atom is -0.478 e. The fourth-order valence-electron chi connectivity index (χ4n) is 2.99. The van der Waals surface area contributed by atoms with Gasteiger partial charge in [0.05, 0.1) is 29.4 Å². The van der Waals surface area contributed by atoms with Crippen molar-refractivity contribution in [1.82, 2.24) is 4.72 Å². The molecular formula is C19H22N2O5S. The zero-order chi connectivity index (χ0) is 19.3. The van der Waals surface area contributed by atoms with Crippen LogP contribution in [0.5, 0.6) is 0 Å². The molecule has 0 aliphatic carbocycles. The summed E-state index contributed by atoms with van der Waals surface area (Å²) in [5.74, 6) is -1.15. The number of rotatable bonds is 7. The second-order valence-corrected chi connectivity index (χ2v) is 7.98. The zero-order valence-corrected chi connectivity index (χ0v) is 15.6. The summed E-state index contributed by atoms with van der Waals surface area (Å²) in [4.78, 5) is 13.5. The van der Waals surface area contributed by atoms with Crippen LogP contribution in [0.4, 0.5) is 5.69 Å². The van der Waals surface area contributed by atoms with Crippen LogP contribution in [0.1, 0.15) is 15.9 Å². The van der Waals surface area contributed by atoms with E-state index in [0.29, 0.717) is 38.4 Å². The van der Waals surface area contributed by atoms with Gasteiger partial charge < -0.3 is 14.7 Å². The van der Waals surface area contributed by atoms with Crippen molar-refractivity contribution in [1.29, 1.82) is 0 Å². The second-order valence-electron chi connectivity index (χ2n) is 6.22. The number of carboxylic acids is 1. The monoisotopic (exact) mass is 390 g/mol. The lowest BCUT2D eigenvalue weighted by Crippen LogP contribution is -2.37. The van der Waals surface area contributed by atoms with Crippen LogP contribution in [-0.2, 0) is 21.2 Å². The SMILES string of the molecule is O=C(O)c1cc(S(=O)(=O)NCCc2ccccc2)ccc1N1CCOCC1. The molecule has 8 heteroatoms. The van der Waals surface area contributed by atoms with E-state index in [1.165, 1.54) is 12.1 Å². The third-order valence-electron chi connectivity index (χ3n) is 4.41. The summed E-state index contributed by atoms with van der Waals surface area (Å²) in [7, 11) is -3.79. The number of nitrogens with one attached hydrogen (secondary N) is 1. The molecule has 0 atom stereocenters. The van der Waals surface area contributed by atoms with Gasteiger partial charge in [-0.25, -0.2) is 17.9 Å². The van der Waals surface area contributed by atoms with E-state index in [1.54, 1.807) is 6.07 Å². The van der Waals surface area contributed by atoms with Gasteiger partial charge in [-0.15, -0.1) is 0 Å². The van der Waals surface area contributed by atoms with Crippen LogP contribution < -0.4 is 9.62 Å². The molecule has 1 saturated heterocycles. The average molecular weight is 390 g/mol. The Balaban J connectivity index is 1.76. The third kappa shape index (κ3) is 4.85. The molecule has 0 spiro atoms. The zero-order valence-electron chi connectivity index (χ0n) is 14.8. The smallest absolute Gasteiger partial charge is 0.337 e. The second kappa shape index (κ2) is 8.51.